The molecule has 0 aliphatic rings. The highest BCUT2D eigenvalue weighted by Gasteiger charge is 2.13. The molecular weight excluding hydrogens is 328 g/mol. The van der Waals surface area contributed by atoms with Gasteiger partial charge in [0.1, 0.15) is 4.83 Å². The summed E-state index contributed by atoms with van der Waals surface area (Å²) in [5.74, 6) is 0. The topological polar surface area (TPSA) is 34.9 Å². The van der Waals surface area contributed by atoms with Gasteiger partial charge in [0, 0.05) is 10.9 Å². The van der Waals surface area contributed by atoms with Crippen LogP contribution in [0, 0.1) is 0 Å². The van der Waals surface area contributed by atoms with Gasteiger partial charge in [-0.2, -0.15) is 0 Å². The zero-order valence-corrected chi connectivity index (χ0v) is 14.8. The van der Waals surface area contributed by atoms with Crippen LogP contribution in [0.4, 0.5) is 0 Å². The van der Waals surface area contributed by atoms with Gasteiger partial charge in [-0.25, -0.2) is 4.98 Å². The number of fused-ring (bicyclic) bond motifs is 1. The first-order valence-corrected chi connectivity index (χ1v) is 9.24. The molecule has 0 aliphatic carbocycles. The SMILES string of the molecule is CCc1ccc(-c2csc3ncn(Cc4ccccc4)c(=O)c23)cc1. The van der Waals surface area contributed by atoms with Crippen molar-refractivity contribution in [2.45, 2.75) is 19.9 Å². The second kappa shape index (κ2) is 6.65. The lowest BCUT2D eigenvalue weighted by Gasteiger charge is -2.07. The molecule has 0 saturated carbocycles. The van der Waals surface area contributed by atoms with Crippen molar-refractivity contribution >= 4 is 21.6 Å². The Bertz CT molecular complexity index is 1060. The molecule has 0 radical (unpaired) electrons. The first kappa shape index (κ1) is 15.8. The molecule has 124 valence electrons. The fourth-order valence-corrected chi connectivity index (χ4v) is 3.90. The summed E-state index contributed by atoms with van der Waals surface area (Å²) in [7, 11) is 0. The van der Waals surface area contributed by atoms with E-state index in [1.165, 1.54) is 16.9 Å². The molecule has 3 nitrogen and oxygen atoms in total. The van der Waals surface area contributed by atoms with Crippen molar-refractivity contribution in [2.24, 2.45) is 0 Å². The maximum Gasteiger partial charge on any atom is 0.263 e. The zero-order chi connectivity index (χ0) is 17.2. The van der Waals surface area contributed by atoms with E-state index in [1.54, 1.807) is 10.9 Å². The molecule has 0 fully saturated rings. The van der Waals surface area contributed by atoms with Crippen LogP contribution in [0.5, 0.6) is 0 Å². The highest BCUT2D eigenvalue weighted by Crippen LogP contribution is 2.30. The van der Waals surface area contributed by atoms with Crippen molar-refractivity contribution in [1.82, 2.24) is 9.55 Å². The number of nitrogens with zero attached hydrogens (tertiary/aromatic N) is 2. The number of hydrogen-bond donors (Lipinski definition) is 0. The lowest BCUT2D eigenvalue weighted by Crippen LogP contribution is -2.20. The Morgan fingerprint density at radius 2 is 1.76 bits per heavy atom. The van der Waals surface area contributed by atoms with Gasteiger partial charge in [0.25, 0.3) is 5.56 Å². The third-order valence-electron chi connectivity index (χ3n) is 4.43. The molecule has 0 N–H and O–H groups in total. The van der Waals surface area contributed by atoms with Gasteiger partial charge in [-0.05, 0) is 23.1 Å². The molecule has 2 aromatic heterocycles. The maximum atomic E-state index is 13.0. The molecule has 0 bridgehead atoms. The number of aromatic nitrogens is 2. The van der Waals surface area contributed by atoms with E-state index in [0.717, 1.165) is 27.9 Å². The van der Waals surface area contributed by atoms with Crippen LogP contribution in [0.1, 0.15) is 18.1 Å². The average molecular weight is 346 g/mol. The van der Waals surface area contributed by atoms with Gasteiger partial charge in [-0.3, -0.25) is 9.36 Å². The molecular formula is C21H18N2OS. The van der Waals surface area contributed by atoms with Crippen LogP contribution in [0.2, 0.25) is 0 Å². The fraction of sp³-hybridized carbons (Fsp3) is 0.143. The Hall–Kier alpha value is -2.72. The van der Waals surface area contributed by atoms with Crippen LogP contribution in [0.25, 0.3) is 21.3 Å². The Labute approximate surface area is 150 Å². The minimum atomic E-state index is 0.0182. The molecule has 0 unspecified atom stereocenters. The van der Waals surface area contributed by atoms with Gasteiger partial charge in [-0.1, -0.05) is 61.5 Å². The van der Waals surface area contributed by atoms with E-state index >= 15 is 0 Å². The number of aryl methyl sites for hydroxylation is 1. The molecule has 0 saturated heterocycles. The first-order valence-electron chi connectivity index (χ1n) is 8.36. The van der Waals surface area contributed by atoms with Crippen molar-refractivity contribution in [1.29, 1.82) is 0 Å². The summed E-state index contributed by atoms with van der Waals surface area (Å²) in [5.41, 5.74) is 4.45. The van der Waals surface area contributed by atoms with E-state index in [1.807, 2.05) is 35.7 Å². The number of hydrogen-bond acceptors (Lipinski definition) is 3. The average Bonchev–Trinajstić information content (AvgIpc) is 3.10. The smallest absolute Gasteiger partial charge is 0.263 e. The largest absolute Gasteiger partial charge is 0.294 e. The van der Waals surface area contributed by atoms with E-state index in [2.05, 4.69) is 36.2 Å². The quantitative estimate of drug-likeness (QED) is 0.535. The minimum Gasteiger partial charge on any atom is -0.294 e. The van der Waals surface area contributed by atoms with Crippen LogP contribution < -0.4 is 5.56 Å². The predicted octanol–water partition coefficient (Wildman–Crippen LogP) is 4.74. The Kier molecular flexibility index (Phi) is 4.20. The van der Waals surface area contributed by atoms with Crippen molar-refractivity contribution in [2.75, 3.05) is 0 Å². The third kappa shape index (κ3) is 3.01. The molecule has 4 aromatic rings. The van der Waals surface area contributed by atoms with Gasteiger partial charge in [0.05, 0.1) is 18.3 Å². The van der Waals surface area contributed by atoms with E-state index in [9.17, 15) is 4.79 Å². The van der Waals surface area contributed by atoms with Gasteiger partial charge in [0.2, 0.25) is 0 Å². The molecule has 4 rings (SSSR count). The first-order chi connectivity index (χ1) is 12.3. The molecule has 0 atom stereocenters. The van der Waals surface area contributed by atoms with Gasteiger partial charge in [-0.15, -0.1) is 11.3 Å². The summed E-state index contributed by atoms with van der Waals surface area (Å²) < 4.78 is 1.69. The van der Waals surface area contributed by atoms with Crippen molar-refractivity contribution in [3.05, 3.63) is 87.8 Å². The normalized spacial score (nSPS) is 11.1. The second-order valence-corrected chi connectivity index (χ2v) is 6.90. The lowest BCUT2D eigenvalue weighted by atomic mass is 10.0. The highest BCUT2D eigenvalue weighted by molar-refractivity contribution is 7.17. The van der Waals surface area contributed by atoms with E-state index in [4.69, 9.17) is 0 Å². The van der Waals surface area contributed by atoms with Crippen LogP contribution in [-0.2, 0) is 13.0 Å². The second-order valence-electron chi connectivity index (χ2n) is 6.04. The summed E-state index contributed by atoms with van der Waals surface area (Å²) in [6, 6.07) is 18.4. The Morgan fingerprint density at radius 3 is 2.48 bits per heavy atom. The molecule has 0 spiro atoms. The highest BCUT2D eigenvalue weighted by atomic mass is 32.1. The van der Waals surface area contributed by atoms with E-state index in [-0.39, 0.29) is 5.56 Å². The van der Waals surface area contributed by atoms with Crippen molar-refractivity contribution in [3.8, 4) is 11.1 Å². The van der Waals surface area contributed by atoms with Crippen LogP contribution >= 0.6 is 11.3 Å². The summed E-state index contributed by atoms with van der Waals surface area (Å²) in [5, 5.41) is 2.75. The van der Waals surface area contributed by atoms with Crippen LogP contribution in [0.3, 0.4) is 0 Å². The van der Waals surface area contributed by atoms with Gasteiger partial charge < -0.3 is 0 Å². The lowest BCUT2D eigenvalue weighted by molar-refractivity contribution is 0.749. The zero-order valence-electron chi connectivity index (χ0n) is 14.0. The maximum absolute atomic E-state index is 13.0. The third-order valence-corrected chi connectivity index (χ3v) is 5.32. The summed E-state index contributed by atoms with van der Waals surface area (Å²) in [6.45, 7) is 2.67. The summed E-state index contributed by atoms with van der Waals surface area (Å²) in [4.78, 5) is 18.3. The van der Waals surface area contributed by atoms with Gasteiger partial charge >= 0.3 is 0 Å². The van der Waals surface area contributed by atoms with Crippen molar-refractivity contribution < 1.29 is 0 Å². The number of benzene rings is 2. The molecule has 0 amide bonds. The minimum absolute atomic E-state index is 0.0182. The molecule has 2 heterocycles. The molecule has 25 heavy (non-hydrogen) atoms. The van der Waals surface area contributed by atoms with Gasteiger partial charge in [0.15, 0.2) is 0 Å². The predicted molar refractivity (Wildman–Crippen MR) is 104 cm³/mol. The molecule has 2 aromatic carbocycles. The monoisotopic (exact) mass is 346 g/mol. The number of rotatable bonds is 4. The standard InChI is InChI=1S/C21H18N2OS/c1-2-15-8-10-17(11-9-15)18-13-25-20-19(18)21(24)23(14-22-20)12-16-6-4-3-5-7-16/h3-11,13-14H,2,12H2,1H3. The Balaban J connectivity index is 1.81. The number of thiophene rings is 1. The van der Waals surface area contributed by atoms with E-state index < -0.39 is 0 Å². The summed E-state index contributed by atoms with van der Waals surface area (Å²) in [6.07, 6.45) is 2.66. The van der Waals surface area contributed by atoms with E-state index in [0.29, 0.717) is 11.9 Å². The Morgan fingerprint density at radius 1 is 1.00 bits per heavy atom. The van der Waals surface area contributed by atoms with Crippen molar-refractivity contribution in [3.63, 3.8) is 0 Å². The summed E-state index contributed by atoms with van der Waals surface area (Å²) >= 11 is 1.52. The fourth-order valence-electron chi connectivity index (χ4n) is 2.99. The van der Waals surface area contributed by atoms with Crippen LogP contribution in [0.15, 0.2) is 71.1 Å². The molecule has 0 aliphatic heterocycles. The van der Waals surface area contributed by atoms with Crippen LogP contribution in [-0.4, -0.2) is 9.55 Å². The molecule has 4 heteroatoms.